The molecule has 1 amide bonds. The summed E-state index contributed by atoms with van der Waals surface area (Å²) in [4.78, 5) is 15.7. The number of benzene rings is 4. The molecular weight excluding hydrogens is 771 g/mol. The molecule has 0 aliphatic carbocycles. The lowest BCUT2D eigenvalue weighted by atomic mass is 9.77. The zero-order chi connectivity index (χ0) is 40.9. The lowest BCUT2D eigenvalue weighted by Gasteiger charge is -2.39. The van der Waals surface area contributed by atoms with Crippen LogP contribution >= 0.6 is 11.8 Å². The highest BCUT2D eigenvalue weighted by molar-refractivity contribution is 8.00. The molecule has 5 aromatic rings. The number of rotatable bonds is 15. The number of hydrogen-bond donors (Lipinski definition) is 2. The lowest BCUT2D eigenvalue weighted by molar-refractivity contribution is 0.0143. The van der Waals surface area contributed by atoms with Crippen molar-refractivity contribution in [2.75, 3.05) is 34.4 Å². The smallest absolute Gasteiger partial charge is 0.489 e. The molecule has 57 heavy (non-hydrogen) atoms. The number of sulfonamides is 1. The van der Waals surface area contributed by atoms with Crippen molar-refractivity contribution in [3.8, 4) is 28.6 Å². The highest BCUT2D eigenvalue weighted by Crippen LogP contribution is 2.40. The van der Waals surface area contributed by atoms with Crippen molar-refractivity contribution in [3.63, 3.8) is 0 Å². The summed E-state index contributed by atoms with van der Waals surface area (Å²) in [6.07, 6.45) is -0.463. The predicted octanol–water partition coefficient (Wildman–Crippen LogP) is 4.20. The van der Waals surface area contributed by atoms with Crippen LogP contribution in [-0.2, 0) is 34.4 Å². The Hall–Kier alpha value is -5.14. The second-order valence-electron chi connectivity index (χ2n) is 14.3. The maximum atomic E-state index is 15.5. The minimum Gasteiger partial charge on any atom is -0.497 e. The van der Waals surface area contributed by atoms with E-state index in [1.165, 1.54) is 26.9 Å². The summed E-state index contributed by atoms with van der Waals surface area (Å²) >= 11 is 1.26. The number of aromatic nitrogens is 4. The maximum absolute atomic E-state index is 15.5. The van der Waals surface area contributed by atoms with Crippen molar-refractivity contribution >= 4 is 40.5 Å². The fourth-order valence-electron chi connectivity index (χ4n) is 6.07. The van der Waals surface area contributed by atoms with Gasteiger partial charge >= 0.3 is 13.2 Å². The minimum atomic E-state index is -4.54. The molecule has 4 aromatic carbocycles. The van der Waals surface area contributed by atoms with Crippen molar-refractivity contribution in [1.82, 2.24) is 29.4 Å². The summed E-state index contributed by atoms with van der Waals surface area (Å²) in [6, 6.07) is 24.4. The number of likely N-dealkylation sites (tertiary alicyclic amines) is 1. The Balaban J connectivity index is 1.46. The van der Waals surface area contributed by atoms with E-state index >= 15 is 8.42 Å². The molecule has 18 heteroatoms. The number of ether oxygens (including phenoxy) is 4. The molecule has 2 heterocycles. The van der Waals surface area contributed by atoms with Crippen molar-refractivity contribution in [3.05, 3.63) is 102 Å². The first-order valence-electron chi connectivity index (χ1n) is 18.0. The molecule has 0 spiro atoms. The van der Waals surface area contributed by atoms with E-state index in [0.29, 0.717) is 46.4 Å². The second kappa shape index (κ2) is 17.6. The molecule has 0 unspecified atom stereocenters. The number of amides is 1. The van der Waals surface area contributed by atoms with E-state index in [2.05, 4.69) is 15.4 Å². The van der Waals surface area contributed by atoms with Crippen LogP contribution in [0.5, 0.6) is 17.2 Å². The number of thioether (sulfide) groups is 1. The Morgan fingerprint density at radius 3 is 1.81 bits per heavy atom. The number of carbonyl (C=O) groups excluding carboxylic acids is 1. The zero-order valence-corrected chi connectivity index (χ0v) is 34.2. The molecule has 300 valence electrons. The van der Waals surface area contributed by atoms with Gasteiger partial charge in [-0.25, -0.2) is 13.2 Å². The van der Waals surface area contributed by atoms with Gasteiger partial charge in [-0.3, -0.25) is 0 Å². The van der Waals surface area contributed by atoms with Crippen LogP contribution in [0.2, 0.25) is 0 Å². The van der Waals surface area contributed by atoms with Gasteiger partial charge in [0.1, 0.15) is 27.7 Å². The molecule has 0 atom stereocenters. The highest BCUT2D eigenvalue weighted by Gasteiger charge is 2.39. The van der Waals surface area contributed by atoms with Crippen LogP contribution in [0.4, 0.5) is 4.79 Å². The van der Waals surface area contributed by atoms with Crippen LogP contribution in [0, 0.1) is 0 Å². The van der Waals surface area contributed by atoms with Gasteiger partial charge in [-0.05, 0) is 90.6 Å². The van der Waals surface area contributed by atoms with Crippen molar-refractivity contribution in [1.29, 1.82) is 0 Å². The topological polar surface area (TPSA) is 179 Å². The van der Waals surface area contributed by atoms with Gasteiger partial charge in [0, 0.05) is 41.9 Å². The fourth-order valence-corrected chi connectivity index (χ4v) is 9.44. The first kappa shape index (κ1) is 41.5. The van der Waals surface area contributed by atoms with E-state index in [0.717, 1.165) is 5.56 Å². The number of tetrazole rings is 1. The third-order valence-corrected chi connectivity index (χ3v) is 12.3. The maximum Gasteiger partial charge on any atom is 0.489 e. The molecule has 2 N–H and O–H groups in total. The van der Waals surface area contributed by atoms with E-state index in [4.69, 9.17) is 18.9 Å². The summed E-state index contributed by atoms with van der Waals surface area (Å²) in [5, 5.41) is 34.3. The first-order valence-corrected chi connectivity index (χ1v) is 20.3. The third kappa shape index (κ3) is 10.1. The molecule has 1 aromatic heterocycles. The van der Waals surface area contributed by atoms with Crippen LogP contribution < -0.4 is 19.7 Å². The minimum absolute atomic E-state index is 0.0543. The Bertz CT molecular complexity index is 2210. The van der Waals surface area contributed by atoms with Gasteiger partial charge < -0.3 is 33.9 Å². The molecule has 1 aliphatic heterocycles. The monoisotopic (exact) mass is 816 g/mol. The standard InChI is InChI=1S/C39H45BN6O9S2/c1-39(2,3)55-38(47)44-24-32(25-44)56-34-20-19-33(40(48)49)35(37-41-43-46(42-37)23-28-11-17-31(54-6)18-12-28)36(34)57(50,51)45(21-26-7-13-29(52-4)14-8-26)22-27-9-15-30(53-5)16-10-27/h7-20,32,48-49H,21-25H2,1-6H3. The normalized spacial score (nSPS) is 13.3. The van der Waals surface area contributed by atoms with Gasteiger partial charge in [0.15, 0.2) is 0 Å². The van der Waals surface area contributed by atoms with Gasteiger partial charge in [-0.15, -0.1) is 22.0 Å². The molecule has 1 fully saturated rings. The van der Waals surface area contributed by atoms with E-state index in [9.17, 15) is 14.8 Å². The quantitative estimate of drug-likeness (QED) is 0.144. The zero-order valence-electron chi connectivity index (χ0n) is 32.5. The number of carbonyl (C=O) groups is 1. The Morgan fingerprint density at radius 1 is 0.825 bits per heavy atom. The van der Waals surface area contributed by atoms with Crippen molar-refractivity contribution < 1.29 is 42.2 Å². The number of hydrogen-bond acceptors (Lipinski definition) is 13. The Labute approximate surface area is 336 Å². The predicted molar refractivity (Wildman–Crippen MR) is 215 cm³/mol. The molecule has 0 radical (unpaired) electrons. The van der Waals surface area contributed by atoms with Gasteiger partial charge in [0.25, 0.3) is 0 Å². The highest BCUT2D eigenvalue weighted by atomic mass is 32.2. The fraction of sp³-hybridized carbons (Fsp3) is 0.333. The Morgan fingerprint density at radius 2 is 1.33 bits per heavy atom. The van der Waals surface area contributed by atoms with Crippen LogP contribution in [0.1, 0.15) is 37.5 Å². The summed E-state index contributed by atoms with van der Waals surface area (Å²) in [6.45, 7) is 6.05. The van der Waals surface area contributed by atoms with E-state index in [1.54, 1.807) is 114 Å². The van der Waals surface area contributed by atoms with Crippen LogP contribution in [0.3, 0.4) is 0 Å². The summed E-state index contributed by atoms with van der Waals surface area (Å²) in [5.41, 5.74) is 1.27. The third-order valence-electron chi connectivity index (χ3n) is 9.02. The molecular formula is C39H45BN6O9S2. The molecule has 1 aliphatic rings. The SMILES string of the molecule is COc1ccc(CN(Cc2ccc(OC)cc2)S(=O)(=O)c2c(SC3CN(C(=O)OC(C)(C)C)C3)ccc(B(O)O)c2-c2nnn(Cc3ccc(OC)cc3)n2)cc1. The van der Waals surface area contributed by atoms with Crippen molar-refractivity contribution in [2.24, 2.45) is 0 Å². The van der Waals surface area contributed by atoms with E-state index < -0.39 is 28.8 Å². The van der Waals surface area contributed by atoms with E-state index in [-0.39, 0.29) is 46.6 Å². The molecule has 6 rings (SSSR count). The van der Waals surface area contributed by atoms with Gasteiger partial charge in [-0.2, -0.15) is 9.10 Å². The molecule has 0 saturated carbocycles. The summed E-state index contributed by atoms with van der Waals surface area (Å²) < 4.78 is 53.8. The largest absolute Gasteiger partial charge is 0.497 e. The lowest BCUT2D eigenvalue weighted by Crippen LogP contribution is -2.53. The van der Waals surface area contributed by atoms with Crippen LogP contribution in [-0.4, -0.2) is 106 Å². The Kier molecular flexibility index (Phi) is 12.8. The molecule has 0 bridgehead atoms. The average molecular weight is 817 g/mol. The molecule has 1 saturated heterocycles. The number of nitrogens with zero attached hydrogens (tertiary/aromatic N) is 6. The van der Waals surface area contributed by atoms with Gasteiger partial charge in [-0.1, -0.05) is 42.5 Å². The first-order chi connectivity index (χ1) is 27.2. The van der Waals surface area contributed by atoms with Crippen LogP contribution in [0.25, 0.3) is 11.4 Å². The van der Waals surface area contributed by atoms with Crippen LogP contribution in [0.15, 0.2) is 94.7 Å². The van der Waals surface area contributed by atoms with Gasteiger partial charge in [0.05, 0.1) is 27.9 Å². The summed E-state index contributed by atoms with van der Waals surface area (Å²) in [7, 11) is -1.96. The molecule has 15 nitrogen and oxygen atoms in total. The van der Waals surface area contributed by atoms with E-state index in [1.807, 2.05) is 12.1 Å². The van der Waals surface area contributed by atoms with Crippen molar-refractivity contribution in [2.45, 2.75) is 61.0 Å². The second-order valence-corrected chi connectivity index (χ2v) is 17.5. The van der Waals surface area contributed by atoms with Gasteiger partial charge in [0.2, 0.25) is 15.8 Å². The summed E-state index contributed by atoms with van der Waals surface area (Å²) in [5.74, 6) is 1.77. The average Bonchev–Trinajstić information content (AvgIpc) is 3.63. The number of methoxy groups -OCH3 is 3.